The Morgan fingerprint density at radius 3 is 2.48 bits per heavy atom. The van der Waals surface area contributed by atoms with Gasteiger partial charge in [-0.3, -0.25) is 4.98 Å². The smallest absolute Gasteiger partial charge is 0.251 e. The lowest BCUT2D eigenvalue weighted by molar-refractivity contribution is -0.137. The number of rotatable bonds is 5. The second kappa shape index (κ2) is 6.90. The molecule has 0 bridgehead atoms. The van der Waals surface area contributed by atoms with E-state index in [1.54, 1.807) is 19.2 Å². The minimum absolute atomic E-state index is 0.0565. The molecular formula is C18H16F3N5O2S. The van der Waals surface area contributed by atoms with E-state index in [2.05, 4.69) is 20.1 Å². The van der Waals surface area contributed by atoms with E-state index in [9.17, 15) is 21.6 Å². The van der Waals surface area contributed by atoms with Crippen LogP contribution in [-0.2, 0) is 16.0 Å². The van der Waals surface area contributed by atoms with Gasteiger partial charge in [0.2, 0.25) is 5.82 Å². The van der Waals surface area contributed by atoms with Crippen molar-refractivity contribution in [1.29, 1.82) is 0 Å². The van der Waals surface area contributed by atoms with Crippen molar-refractivity contribution < 1.29 is 21.6 Å². The number of halogens is 3. The molecule has 0 N–H and O–H groups in total. The Balaban J connectivity index is 1.73. The molecule has 1 fully saturated rings. The summed E-state index contributed by atoms with van der Waals surface area (Å²) in [5.41, 5.74) is 0.0989. The van der Waals surface area contributed by atoms with Crippen molar-refractivity contribution in [2.75, 3.05) is 5.75 Å². The molecule has 1 aliphatic carbocycles. The fourth-order valence-corrected chi connectivity index (χ4v) is 3.90. The van der Waals surface area contributed by atoms with Crippen molar-refractivity contribution in [1.82, 2.24) is 24.7 Å². The first-order chi connectivity index (χ1) is 13.7. The van der Waals surface area contributed by atoms with Gasteiger partial charge in [-0.05, 0) is 42.5 Å². The zero-order chi connectivity index (χ0) is 20.8. The normalized spacial score (nSPS) is 14.9. The molecule has 0 saturated heterocycles. The number of hydrogen-bond donors (Lipinski definition) is 0. The average Bonchev–Trinajstić information content (AvgIpc) is 3.43. The van der Waals surface area contributed by atoms with Gasteiger partial charge in [0.25, 0.3) is 0 Å². The maximum absolute atomic E-state index is 12.7. The molecule has 4 rings (SSSR count). The molecule has 0 unspecified atom stereocenters. The number of pyridine rings is 2. The average molecular weight is 423 g/mol. The van der Waals surface area contributed by atoms with E-state index in [1.807, 2.05) is 0 Å². The summed E-state index contributed by atoms with van der Waals surface area (Å²) in [5, 5.41) is 4.18. The lowest BCUT2D eigenvalue weighted by Gasteiger charge is -2.08. The standard InChI is InChI=1S/C18H16F3N5O2S/c1-2-29(27,28)14-7-12(11-3-4-11)8-23-16(14)17-24-10-26(25-17)15-6-5-13(9-22-15)18(19,20)21/h5-11H,2-4H2,1H3. The Bertz CT molecular complexity index is 1150. The monoisotopic (exact) mass is 423 g/mol. The van der Waals surface area contributed by atoms with Crippen molar-refractivity contribution in [3.8, 4) is 17.3 Å². The fraction of sp³-hybridized carbons (Fsp3) is 0.333. The molecule has 0 aromatic carbocycles. The Labute approximate surface area is 164 Å². The van der Waals surface area contributed by atoms with Gasteiger partial charge in [-0.1, -0.05) is 6.92 Å². The van der Waals surface area contributed by atoms with E-state index in [1.165, 1.54) is 11.0 Å². The zero-order valence-corrected chi connectivity index (χ0v) is 16.1. The molecule has 7 nitrogen and oxygen atoms in total. The van der Waals surface area contributed by atoms with Crippen LogP contribution in [0.5, 0.6) is 0 Å². The molecule has 0 radical (unpaired) electrons. The van der Waals surface area contributed by atoms with Gasteiger partial charge < -0.3 is 0 Å². The third-order valence-corrected chi connectivity index (χ3v) is 6.39. The number of aromatic nitrogens is 5. The molecule has 1 aliphatic rings. The third-order valence-electron chi connectivity index (χ3n) is 4.65. The van der Waals surface area contributed by atoms with Gasteiger partial charge in [0, 0.05) is 12.4 Å². The Morgan fingerprint density at radius 2 is 1.90 bits per heavy atom. The van der Waals surface area contributed by atoms with Gasteiger partial charge in [-0.2, -0.15) is 13.2 Å². The first kappa shape index (κ1) is 19.5. The van der Waals surface area contributed by atoms with Crippen LogP contribution in [0, 0.1) is 0 Å². The van der Waals surface area contributed by atoms with E-state index < -0.39 is 21.6 Å². The summed E-state index contributed by atoms with van der Waals surface area (Å²) in [6.07, 6.45) is 1.09. The first-order valence-corrected chi connectivity index (χ1v) is 10.5. The van der Waals surface area contributed by atoms with Crippen LogP contribution in [0.4, 0.5) is 13.2 Å². The van der Waals surface area contributed by atoms with Crippen LogP contribution >= 0.6 is 0 Å². The Morgan fingerprint density at radius 1 is 1.14 bits per heavy atom. The molecule has 0 aliphatic heterocycles. The first-order valence-electron chi connectivity index (χ1n) is 8.87. The highest BCUT2D eigenvalue weighted by Gasteiger charge is 2.31. The molecule has 1 saturated carbocycles. The molecule has 152 valence electrons. The predicted molar refractivity (Wildman–Crippen MR) is 97.1 cm³/mol. The summed E-state index contributed by atoms with van der Waals surface area (Å²) in [6, 6.07) is 3.67. The Hall–Kier alpha value is -2.82. The van der Waals surface area contributed by atoms with Gasteiger partial charge in [0.05, 0.1) is 16.2 Å². The van der Waals surface area contributed by atoms with E-state index in [0.717, 1.165) is 30.5 Å². The molecule has 3 heterocycles. The maximum Gasteiger partial charge on any atom is 0.417 e. The number of sulfone groups is 1. The van der Waals surface area contributed by atoms with Gasteiger partial charge in [0.1, 0.15) is 12.0 Å². The van der Waals surface area contributed by atoms with Crippen molar-refractivity contribution in [2.45, 2.75) is 36.8 Å². The second-order valence-corrected chi connectivity index (χ2v) is 8.96. The van der Waals surface area contributed by atoms with Gasteiger partial charge in [0.15, 0.2) is 15.7 Å². The summed E-state index contributed by atoms with van der Waals surface area (Å²) in [6.45, 7) is 1.54. The van der Waals surface area contributed by atoms with E-state index in [-0.39, 0.29) is 28.0 Å². The van der Waals surface area contributed by atoms with Crippen molar-refractivity contribution in [2.24, 2.45) is 0 Å². The summed E-state index contributed by atoms with van der Waals surface area (Å²) < 4.78 is 64.4. The fourth-order valence-electron chi connectivity index (χ4n) is 2.83. The van der Waals surface area contributed by atoms with Crippen LogP contribution in [0.25, 0.3) is 17.3 Å². The van der Waals surface area contributed by atoms with Crippen LogP contribution in [0.3, 0.4) is 0 Å². The van der Waals surface area contributed by atoms with Crippen LogP contribution < -0.4 is 0 Å². The van der Waals surface area contributed by atoms with E-state index in [4.69, 9.17) is 0 Å². The molecular weight excluding hydrogens is 407 g/mol. The van der Waals surface area contributed by atoms with Crippen LogP contribution in [0.1, 0.15) is 36.8 Å². The molecule has 29 heavy (non-hydrogen) atoms. The minimum atomic E-state index is -4.49. The number of hydrogen-bond acceptors (Lipinski definition) is 6. The molecule has 0 spiro atoms. The summed E-state index contributed by atoms with van der Waals surface area (Å²) in [4.78, 5) is 12.2. The quantitative estimate of drug-likeness (QED) is 0.625. The number of nitrogens with zero attached hydrogens (tertiary/aromatic N) is 5. The second-order valence-electron chi connectivity index (χ2n) is 6.71. The molecule has 3 aromatic heterocycles. The van der Waals surface area contributed by atoms with Crippen molar-refractivity contribution in [3.05, 3.63) is 48.0 Å². The molecule has 11 heteroatoms. The van der Waals surface area contributed by atoms with E-state index >= 15 is 0 Å². The zero-order valence-electron chi connectivity index (χ0n) is 15.3. The lowest BCUT2D eigenvalue weighted by Crippen LogP contribution is -2.09. The molecule has 3 aromatic rings. The topological polar surface area (TPSA) is 90.6 Å². The van der Waals surface area contributed by atoms with Gasteiger partial charge >= 0.3 is 6.18 Å². The van der Waals surface area contributed by atoms with Crippen LogP contribution in [0.2, 0.25) is 0 Å². The van der Waals surface area contributed by atoms with Crippen molar-refractivity contribution >= 4 is 9.84 Å². The van der Waals surface area contributed by atoms with Gasteiger partial charge in [-0.25, -0.2) is 23.1 Å². The highest BCUT2D eigenvalue weighted by Crippen LogP contribution is 2.41. The Kier molecular flexibility index (Phi) is 4.64. The summed E-state index contributed by atoms with van der Waals surface area (Å²) in [7, 11) is -3.57. The largest absolute Gasteiger partial charge is 0.417 e. The predicted octanol–water partition coefficient (Wildman–Crippen LogP) is 3.41. The third kappa shape index (κ3) is 3.86. The minimum Gasteiger partial charge on any atom is -0.251 e. The maximum atomic E-state index is 12.7. The molecule has 0 amide bonds. The number of alkyl halides is 3. The van der Waals surface area contributed by atoms with Crippen LogP contribution in [0.15, 0.2) is 41.8 Å². The van der Waals surface area contributed by atoms with E-state index in [0.29, 0.717) is 12.1 Å². The summed E-state index contributed by atoms with van der Waals surface area (Å²) in [5.74, 6) is 0.397. The lowest BCUT2D eigenvalue weighted by atomic mass is 10.2. The summed E-state index contributed by atoms with van der Waals surface area (Å²) >= 11 is 0. The van der Waals surface area contributed by atoms with Crippen LogP contribution in [-0.4, -0.2) is 38.9 Å². The van der Waals surface area contributed by atoms with Crippen molar-refractivity contribution in [3.63, 3.8) is 0 Å². The SMILES string of the molecule is CCS(=O)(=O)c1cc(C2CC2)cnc1-c1ncn(-c2ccc(C(F)(F)F)cn2)n1. The molecule has 0 atom stereocenters. The highest BCUT2D eigenvalue weighted by molar-refractivity contribution is 7.91. The highest BCUT2D eigenvalue weighted by atomic mass is 32.2. The van der Waals surface area contributed by atoms with Gasteiger partial charge in [-0.15, -0.1) is 5.10 Å².